The van der Waals surface area contributed by atoms with Gasteiger partial charge < -0.3 is 10.1 Å². The molecule has 1 aromatic heterocycles. The second-order valence-electron chi connectivity index (χ2n) is 4.74. The average Bonchev–Trinajstić information content (AvgIpc) is 2.88. The van der Waals surface area contributed by atoms with Gasteiger partial charge in [0.15, 0.2) is 0 Å². The van der Waals surface area contributed by atoms with E-state index in [4.69, 9.17) is 4.74 Å². The molecule has 0 fully saturated rings. The normalized spacial score (nSPS) is 10.8. The van der Waals surface area contributed by atoms with E-state index in [2.05, 4.69) is 53.3 Å². The predicted molar refractivity (Wildman–Crippen MR) is 89.5 cm³/mol. The van der Waals surface area contributed by atoms with Crippen molar-refractivity contribution < 1.29 is 4.74 Å². The van der Waals surface area contributed by atoms with Crippen LogP contribution in [0, 0.1) is 6.92 Å². The first-order chi connectivity index (χ1) is 9.69. The van der Waals surface area contributed by atoms with E-state index in [9.17, 15) is 0 Å². The Hall–Kier alpha value is -0.840. The molecular formula is C16H20BrNOS. The van der Waals surface area contributed by atoms with Crippen molar-refractivity contribution in [1.29, 1.82) is 0 Å². The molecule has 2 aromatic rings. The summed E-state index contributed by atoms with van der Waals surface area (Å²) < 4.78 is 6.95. The van der Waals surface area contributed by atoms with Gasteiger partial charge >= 0.3 is 0 Å². The first-order valence-electron chi connectivity index (χ1n) is 6.86. The zero-order chi connectivity index (χ0) is 14.4. The van der Waals surface area contributed by atoms with Crippen molar-refractivity contribution in [3.63, 3.8) is 0 Å². The molecule has 0 unspecified atom stereocenters. The van der Waals surface area contributed by atoms with Crippen molar-refractivity contribution in [3.8, 4) is 5.75 Å². The number of hydrogen-bond donors (Lipinski definition) is 1. The zero-order valence-corrected chi connectivity index (χ0v) is 14.3. The fraction of sp³-hybridized carbons (Fsp3) is 0.375. The predicted octanol–water partition coefficient (Wildman–Crippen LogP) is 4.90. The maximum atomic E-state index is 5.84. The summed E-state index contributed by atoms with van der Waals surface area (Å²) in [5.41, 5.74) is 1.19. The summed E-state index contributed by atoms with van der Waals surface area (Å²) in [7, 11) is 0. The number of hydrogen-bond acceptors (Lipinski definition) is 3. The van der Waals surface area contributed by atoms with Crippen LogP contribution in [0.15, 0.2) is 34.8 Å². The summed E-state index contributed by atoms with van der Waals surface area (Å²) in [5, 5.41) is 3.42. The van der Waals surface area contributed by atoms with Crippen molar-refractivity contribution >= 4 is 27.3 Å². The van der Waals surface area contributed by atoms with Crippen LogP contribution in [0.2, 0.25) is 0 Å². The number of halogens is 1. The lowest BCUT2D eigenvalue weighted by molar-refractivity contribution is 0.309. The Balaban J connectivity index is 1.85. The lowest BCUT2D eigenvalue weighted by Gasteiger charge is -2.06. The molecule has 1 N–H and O–H groups in total. The standard InChI is InChI=1S/C16H20BrNOS/c1-3-8-18-10-14-5-6-15(20-14)11-19-13-4-7-16(17)12(2)9-13/h4-7,9,18H,3,8,10-11H2,1-2H3. The van der Waals surface area contributed by atoms with E-state index in [0.29, 0.717) is 6.61 Å². The maximum absolute atomic E-state index is 5.84. The molecule has 0 amide bonds. The molecule has 0 saturated carbocycles. The van der Waals surface area contributed by atoms with Crippen LogP contribution in [-0.4, -0.2) is 6.54 Å². The largest absolute Gasteiger partial charge is 0.488 e. The fourth-order valence-corrected chi connectivity index (χ4v) is 2.99. The van der Waals surface area contributed by atoms with Gasteiger partial charge in [-0.15, -0.1) is 11.3 Å². The van der Waals surface area contributed by atoms with Crippen molar-refractivity contribution in [2.24, 2.45) is 0 Å². The first kappa shape index (κ1) is 15.5. The number of rotatable bonds is 7. The lowest BCUT2D eigenvalue weighted by Crippen LogP contribution is -2.12. The number of aryl methyl sites for hydroxylation is 1. The number of thiophene rings is 1. The van der Waals surface area contributed by atoms with Gasteiger partial charge in [0.25, 0.3) is 0 Å². The molecular weight excluding hydrogens is 334 g/mol. The smallest absolute Gasteiger partial charge is 0.122 e. The highest BCUT2D eigenvalue weighted by Crippen LogP contribution is 2.23. The Kier molecular flexibility index (Phi) is 6.07. The molecule has 4 heteroatoms. The molecule has 0 bridgehead atoms. The third-order valence-electron chi connectivity index (χ3n) is 2.95. The minimum Gasteiger partial charge on any atom is -0.488 e. The van der Waals surface area contributed by atoms with E-state index in [1.807, 2.05) is 23.5 Å². The summed E-state index contributed by atoms with van der Waals surface area (Å²) in [6.07, 6.45) is 1.17. The molecule has 0 aliphatic heterocycles. The van der Waals surface area contributed by atoms with Crippen molar-refractivity contribution in [2.75, 3.05) is 6.54 Å². The van der Waals surface area contributed by atoms with Crippen molar-refractivity contribution in [2.45, 2.75) is 33.4 Å². The molecule has 2 rings (SSSR count). The third kappa shape index (κ3) is 4.62. The monoisotopic (exact) mass is 353 g/mol. The third-order valence-corrected chi connectivity index (χ3v) is 4.90. The maximum Gasteiger partial charge on any atom is 0.122 e. The van der Waals surface area contributed by atoms with E-state index in [-0.39, 0.29) is 0 Å². The van der Waals surface area contributed by atoms with Crippen LogP contribution in [0.3, 0.4) is 0 Å². The molecule has 20 heavy (non-hydrogen) atoms. The van der Waals surface area contributed by atoms with Crippen LogP contribution >= 0.6 is 27.3 Å². The second kappa shape index (κ2) is 7.81. The second-order valence-corrected chi connectivity index (χ2v) is 6.85. The molecule has 1 aromatic carbocycles. The van der Waals surface area contributed by atoms with Crippen LogP contribution < -0.4 is 10.1 Å². The van der Waals surface area contributed by atoms with Gasteiger partial charge in [0, 0.05) is 20.8 Å². The molecule has 0 saturated heterocycles. The Morgan fingerprint density at radius 2 is 2.00 bits per heavy atom. The summed E-state index contributed by atoms with van der Waals surface area (Å²) >= 11 is 5.31. The molecule has 108 valence electrons. The van der Waals surface area contributed by atoms with Gasteiger partial charge in [0.2, 0.25) is 0 Å². The fourth-order valence-electron chi connectivity index (χ4n) is 1.84. The van der Waals surface area contributed by atoms with E-state index in [1.54, 1.807) is 0 Å². The van der Waals surface area contributed by atoms with Crippen LogP contribution in [0.4, 0.5) is 0 Å². The van der Waals surface area contributed by atoms with Gasteiger partial charge in [-0.1, -0.05) is 22.9 Å². The topological polar surface area (TPSA) is 21.3 Å². The highest BCUT2D eigenvalue weighted by atomic mass is 79.9. The highest BCUT2D eigenvalue weighted by molar-refractivity contribution is 9.10. The van der Waals surface area contributed by atoms with Gasteiger partial charge in [-0.25, -0.2) is 0 Å². The van der Waals surface area contributed by atoms with Gasteiger partial charge in [0.05, 0.1) is 0 Å². The summed E-state index contributed by atoms with van der Waals surface area (Å²) in [6.45, 7) is 6.91. The Bertz CT molecular complexity index is 553. The lowest BCUT2D eigenvalue weighted by atomic mass is 10.2. The van der Waals surface area contributed by atoms with Gasteiger partial charge in [-0.05, 0) is 55.8 Å². The molecule has 2 nitrogen and oxygen atoms in total. The SMILES string of the molecule is CCCNCc1ccc(COc2ccc(Br)c(C)c2)s1. The molecule has 0 aliphatic carbocycles. The number of ether oxygens (including phenoxy) is 1. The Morgan fingerprint density at radius 1 is 1.20 bits per heavy atom. The average molecular weight is 354 g/mol. The molecule has 0 radical (unpaired) electrons. The van der Waals surface area contributed by atoms with Crippen LogP contribution in [0.5, 0.6) is 5.75 Å². The zero-order valence-electron chi connectivity index (χ0n) is 11.9. The van der Waals surface area contributed by atoms with E-state index in [0.717, 1.165) is 23.3 Å². The molecule has 1 heterocycles. The molecule has 0 atom stereocenters. The Labute approximate surface area is 133 Å². The van der Waals surface area contributed by atoms with Gasteiger partial charge in [0.1, 0.15) is 12.4 Å². The molecule has 0 aliphatic rings. The van der Waals surface area contributed by atoms with Crippen molar-refractivity contribution in [1.82, 2.24) is 5.32 Å². The number of nitrogens with one attached hydrogen (secondary N) is 1. The minimum atomic E-state index is 0.638. The quantitative estimate of drug-likeness (QED) is 0.715. The number of benzene rings is 1. The highest BCUT2D eigenvalue weighted by Gasteiger charge is 2.02. The van der Waals surface area contributed by atoms with E-state index < -0.39 is 0 Å². The van der Waals surface area contributed by atoms with Crippen molar-refractivity contribution in [3.05, 3.63) is 50.1 Å². The summed E-state index contributed by atoms with van der Waals surface area (Å²) in [5.74, 6) is 0.921. The van der Waals surface area contributed by atoms with Gasteiger partial charge in [-0.2, -0.15) is 0 Å². The summed E-state index contributed by atoms with van der Waals surface area (Å²) in [6, 6.07) is 10.4. The minimum absolute atomic E-state index is 0.638. The van der Waals surface area contributed by atoms with Crippen LogP contribution in [0.1, 0.15) is 28.7 Å². The van der Waals surface area contributed by atoms with Crippen LogP contribution in [0.25, 0.3) is 0 Å². The Morgan fingerprint density at radius 3 is 2.75 bits per heavy atom. The van der Waals surface area contributed by atoms with E-state index in [1.165, 1.54) is 21.7 Å². The van der Waals surface area contributed by atoms with E-state index >= 15 is 0 Å². The van der Waals surface area contributed by atoms with Crippen LogP contribution in [-0.2, 0) is 13.2 Å². The molecule has 0 spiro atoms. The first-order valence-corrected chi connectivity index (χ1v) is 8.47. The van der Waals surface area contributed by atoms with Gasteiger partial charge in [-0.3, -0.25) is 0 Å². The summed E-state index contributed by atoms with van der Waals surface area (Å²) in [4.78, 5) is 2.63.